The second-order valence-electron chi connectivity index (χ2n) is 8.91. The van der Waals surface area contributed by atoms with Crippen LogP contribution in [0.3, 0.4) is 0 Å². The standard InChI is InChI=1S/C26H30N4O5S2/c31-26(28-23-11-13-24(14-12-23)37(34,35)29-25-10-4-5-17-27-25)22-15-18-30(19-16-22)36(32,33)20-6-9-21-7-2-1-3-8-21/h1-5,7-8,10-14,17,22H,6,9,15-16,18-20H2,(H,27,29)(H,28,31). The zero-order valence-electron chi connectivity index (χ0n) is 20.3. The Labute approximate surface area is 218 Å². The molecule has 0 aliphatic carbocycles. The molecule has 0 radical (unpaired) electrons. The predicted octanol–water partition coefficient (Wildman–Crippen LogP) is 3.50. The van der Waals surface area contributed by atoms with Crippen LogP contribution in [-0.2, 0) is 31.3 Å². The van der Waals surface area contributed by atoms with Crippen molar-refractivity contribution in [3.63, 3.8) is 0 Å². The Hall–Kier alpha value is -3.28. The fourth-order valence-electron chi connectivity index (χ4n) is 4.21. The van der Waals surface area contributed by atoms with Gasteiger partial charge in [-0.25, -0.2) is 26.1 Å². The third-order valence-electron chi connectivity index (χ3n) is 6.26. The van der Waals surface area contributed by atoms with Crippen LogP contribution < -0.4 is 10.0 Å². The van der Waals surface area contributed by atoms with E-state index in [9.17, 15) is 21.6 Å². The van der Waals surface area contributed by atoms with Crippen LogP contribution in [0.5, 0.6) is 0 Å². The van der Waals surface area contributed by atoms with Gasteiger partial charge in [-0.2, -0.15) is 0 Å². The first-order valence-electron chi connectivity index (χ1n) is 12.1. The van der Waals surface area contributed by atoms with E-state index < -0.39 is 20.0 Å². The molecule has 37 heavy (non-hydrogen) atoms. The fraction of sp³-hybridized carbons (Fsp3) is 0.308. The highest BCUT2D eigenvalue weighted by Gasteiger charge is 2.31. The number of piperidine rings is 1. The zero-order chi connectivity index (χ0) is 26.3. The first kappa shape index (κ1) is 26.8. The first-order valence-corrected chi connectivity index (χ1v) is 15.2. The van der Waals surface area contributed by atoms with Crippen LogP contribution >= 0.6 is 0 Å². The smallest absolute Gasteiger partial charge is 0.263 e. The Balaban J connectivity index is 1.25. The van der Waals surface area contributed by atoms with Gasteiger partial charge in [-0.05, 0) is 67.6 Å². The predicted molar refractivity (Wildman–Crippen MR) is 143 cm³/mol. The highest BCUT2D eigenvalue weighted by molar-refractivity contribution is 7.92. The molecule has 11 heteroatoms. The lowest BCUT2D eigenvalue weighted by molar-refractivity contribution is -0.120. The summed E-state index contributed by atoms with van der Waals surface area (Å²) < 4.78 is 54.4. The number of nitrogens with one attached hydrogen (secondary N) is 2. The van der Waals surface area contributed by atoms with Gasteiger partial charge >= 0.3 is 0 Å². The number of anilines is 2. The Kier molecular flexibility index (Phi) is 8.57. The number of pyridine rings is 1. The maximum absolute atomic E-state index is 12.8. The van der Waals surface area contributed by atoms with Crippen molar-refractivity contribution < 1.29 is 21.6 Å². The highest BCUT2D eigenvalue weighted by atomic mass is 32.2. The van der Waals surface area contributed by atoms with Crippen LogP contribution in [0.4, 0.5) is 11.5 Å². The van der Waals surface area contributed by atoms with E-state index in [0.29, 0.717) is 44.5 Å². The molecule has 2 aromatic carbocycles. The highest BCUT2D eigenvalue weighted by Crippen LogP contribution is 2.23. The number of benzene rings is 2. The van der Waals surface area contributed by atoms with Crippen LogP contribution in [0.1, 0.15) is 24.8 Å². The van der Waals surface area contributed by atoms with Gasteiger partial charge in [0, 0.05) is 30.9 Å². The average Bonchev–Trinajstić information content (AvgIpc) is 2.90. The normalized spacial score (nSPS) is 15.2. The van der Waals surface area contributed by atoms with Crippen molar-refractivity contribution in [2.45, 2.75) is 30.6 Å². The molecule has 2 N–H and O–H groups in total. The van der Waals surface area contributed by atoms with Gasteiger partial charge < -0.3 is 5.32 Å². The van der Waals surface area contributed by atoms with Gasteiger partial charge in [0.25, 0.3) is 10.0 Å². The summed E-state index contributed by atoms with van der Waals surface area (Å²) in [6, 6.07) is 20.6. The first-order chi connectivity index (χ1) is 17.7. The van der Waals surface area contributed by atoms with Crippen molar-refractivity contribution >= 4 is 37.5 Å². The minimum absolute atomic E-state index is 0.0435. The molecule has 0 unspecified atom stereocenters. The lowest BCUT2D eigenvalue weighted by Gasteiger charge is -2.30. The second kappa shape index (κ2) is 11.8. The van der Waals surface area contributed by atoms with Gasteiger partial charge in [0.05, 0.1) is 10.6 Å². The zero-order valence-corrected chi connectivity index (χ0v) is 21.9. The number of aryl methyl sites for hydroxylation is 1. The number of amides is 1. The van der Waals surface area contributed by atoms with E-state index in [1.54, 1.807) is 18.2 Å². The molecule has 1 saturated heterocycles. The number of hydrogen-bond acceptors (Lipinski definition) is 6. The Morgan fingerprint density at radius 1 is 0.892 bits per heavy atom. The monoisotopic (exact) mass is 542 g/mol. The topological polar surface area (TPSA) is 126 Å². The molecule has 4 rings (SSSR count). The molecule has 1 aliphatic rings. The van der Waals surface area contributed by atoms with Gasteiger partial charge in [0.15, 0.2) is 0 Å². The average molecular weight is 543 g/mol. The summed E-state index contributed by atoms with van der Waals surface area (Å²) in [6.07, 6.45) is 3.62. The lowest BCUT2D eigenvalue weighted by Crippen LogP contribution is -2.42. The Morgan fingerprint density at radius 2 is 1.57 bits per heavy atom. The van der Waals surface area contributed by atoms with Gasteiger partial charge in [-0.15, -0.1) is 0 Å². The summed E-state index contributed by atoms with van der Waals surface area (Å²) in [5, 5.41) is 2.81. The number of aromatic nitrogens is 1. The summed E-state index contributed by atoms with van der Waals surface area (Å²) in [7, 11) is -7.18. The van der Waals surface area contributed by atoms with Gasteiger partial charge in [-0.3, -0.25) is 9.52 Å². The number of rotatable bonds is 10. The van der Waals surface area contributed by atoms with E-state index in [0.717, 1.165) is 5.56 Å². The van der Waals surface area contributed by atoms with Crippen molar-refractivity contribution in [3.05, 3.63) is 84.6 Å². The van der Waals surface area contributed by atoms with Gasteiger partial charge in [0.1, 0.15) is 5.82 Å². The third kappa shape index (κ3) is 7.37. The van der Waals surface area contributed by atoms with Crippen molar-refractivity contribution in [1.29, 1.82) is 0 Å². The lowest BCUT2D eigenvalue weighted by atomic mass is 9.97. The van der Waals surface area contributed by atoms with Crippen LogP contribution in [0.2, 0.25) is 0 Å². The molecule has 3 aromatic rings. The number of carbonyl (C=O) groups excluding carboxylic acids is 1. The van der Waals surface area contributed by atoms with Crippen LogP contribution in [0, 0.1) is 5.92 Å². The van der Waals surface area contributed by atoms with Crippen molar-refractivity contribution in [3.8, 4) is 0 Å². The molecule has 0 saturated carbocycles. The number of nitrogens with zero attached hydrogens (tertiary/aromatic N) is 2. The van der Waals surface area contributed by atoms with E-state index in [4.69, 9.17) is 0 Å². The van der Waals surface area contributed by atoms with E-state index in [-0.39, 0.29) is 28.3 Å². The van der Waals surface area contributed by atoms with Crippen LogP contribution in [0.25, 0.3) is 0 Å². The molecule has 1 aromatic heterocycles. The third-order valence-corrected chi connectivity index (χ3v) is 9.59. The molecule has 0 atom stereocenters. The number of carbonyl (C=O) groups is 1. The van der Waals surface area contributed by atoms with E-state index in [2.05, 4.69) is 15.0 Å². The maximum Gasteiger partial charge on any atom is 0.263 e. The molecular formula is C26H30N4O5S2. The molecule has 0 bridgehead atoms. The van der Waals surface area contributed by atoms with E-state index >= 15 is 0 Å². The van der Waals surface area contributed by atoms with E-state index in [1.807, 2.05) is 30.3 Å². The molecule has 1 amide bonds. The summed E-state index contributed by atoms with van der Waals surface area (Å²) in [6.45, 7) is 0.615. The van der Waals surface area contributed by atoms with Crippen molar-refractivity contribution in [2.24, 2.45) is 5.92 Å². The van der Waals surface area contributed by atoms with Gasteiger partial charge in [-0.1, -0.05) is 36.4 Å². The molecule has 0 spiro atoms. The molecule has 1 aliphatic heterocycles. The minimum Gasteiger partial charge on any atom is -0.326 e. The largest absolute Gasteiger partial charge is 0.326 e. The van der Waals surface area contributed by atoms with Crippen LogP contribution in [-0.4, -0.2) is 50.9 Å². The maximum atomic E-state index is 12.8. The van der Waals surface area contributed by atoms with Crippen molar-refractivity contribution in [1.82, 2.24) is 9.29 Å². The van der Waals surface area contributed by atoms with Crippen LogP contribution in [0.15, 0.2) is 83.9 Å². The summed E-state index contributed by atoms with van der Waals surface area (Å²) in [5.41, 5.74) is 1.58. The SMILES string of the molecule is O=C(Nc1ccc(S(=O)(=O)Nc2ccccn2)cc1)C1CCN(S(=O)(=O)CCCc2ccccc2)CC1. The Morgan fingerprint density at radius 3 is 2.22 bits per heavy atom. The molecule has 1 fully saturated rings. The fourth-order valence-corrected chi connectivity index (χ4v) is 6.75. The number of hydrogen-bond donors (Lipinski definition) is 2. The second-order valence-corrected chi connectivity index (χ2v) is 12.7. The van der Waals surface area contributed by atoms with Gasteiger partial charge in [0.2, 0.25) is 15.9 Å². The Bertz CT molecular complexity index is 1390. The van der Waals surface area contributed by atoms with E-state index in [1.165, 1.54) is 34.8 Å². The quantitative estimate of drug-likeness (QED) is 0.404. The minimum atomic E-state index is -3.81. The summed E-state index contributed by atoms with van der Waals surface area (Å²) >= 11 is 0. The van der Waals surface area contributed by atoms with Crippen molar-refractivity contribution in [2.75, 3.05) is 28.9 Å². The number of sulfonamides is 2. The summed E-state index contributed by atoms with van der Waals surface area (Å²) in [5.74, 6) is -0.221. The molecule has 9 nitrogen and oxygen atoms in total. The molecular weight excluding hydrogens is 512 g/mol. The molecule has 196 valence electrons. The summed E-state index contributed by atoms with van der Waals surface area (Å²) in [4.78, 5) is 16.8. The molecule has 2 heterocycles.